The van der Waals surface area contributed by atoms with Crippen LogP contribution in [0, 0.1) is 17.3 Å². The monoisotopic (exact) mass is 357 g/mol. The lowest BCUT2D eigenvalue weighted by Gasteiger charge is -2.62. The van der Waals surface area contributed by atoms with Crippen molar-refractivity contribution in [3.8, 4) is 0 Å². The van der Waals surface area contributed by atoms with Crippen molar-refractivity contribution in [1.82, 2.24) is 15.1 Å². The van der Waals surface area contributed by atoms with Crippen LogP contribution in [0.5, 0.6) is 0 Å². The lowest BCUT2D eigenvalue weighted by molar-refractivity contribution is -0.171. The quantitative estimate of drug-likeness (QED) is 0.874. The lowest BCUT2D eigenvalue weighted by Crippen LogP contribution is -2.61. The zero-order valence-corrected chi connectivity index (χ0v) is 16.1. The van der Waals surface area contributed by atoms with E-state index in [2.05, 4.69) is 17.3 Å². The van der Waals surface area contributed by atoms with Gasteiger partial charge in [-0.1, -0.05) is 0 Å². The van der Waals surface area contributed by atoms with Gasteiger partial charge in [0.25, 0.3) is 5.91 Å². The van der Waals surface area contributed by atoms with Crippen molar-refractivity contribution >= 4 is 5.91 Å². The first-order valence-corrected chi connectivity index (χ1v) is 10.5. The fraction of sp³-hybridized carbons (Fsp3) is 0.810. The molecular weight excluding hydrogens is 326 g/mol. The number of aromatic nitrogens is 2. The smallest absolute Gasteiger partial charge is 0.270 e. The number of aliphatic hydroxyl groups is 1. The second kappa shape index (κ2) is 5.57. The molecule has 1 heterocycles. The minimum absolute atomic E-state index is 0.0263. The van der Waals surface area contributed by atoms with Crippen LogP contribution in [0.3, 0.4) is 0 Å². The third-order valence-electron chi connectivity index (χ3n) is 7.88. The molecule has 4 bridgehead atoms. The molecule has 26 heavy (non-hydrogen) atoms. The number of fused-ring (bicyclic) bond motifs is 1. The van der Waals surface area contributed by atoms with E-state index in [0.717, 1.165) is 68.3 Å². The number of rotatable bonds is 3. The summed E-state index contributed by atoms with van der Waals surface area (Å²) in [7, 11) is 1.89. The highest BCUT2D eigenvalue weighted by Gasteiger charge is 2.59. The van der Waals surface area contributed by atoms with Crippen LogP contribution in [-0.4, -0.2) is 32.4 Å². The fourth-order valence-corrected chi connectivity index (χ4v) is 7.17. The Hall–Kier alpha value is -1.36. The maximum absolute atomic E-state index is 13.1. The molecule has 1 amide bonds. The molecule has 6 rings (SSSR count). The third-order valence-corrected chi connectivity index (χ3v) is 7.88. The van der Waals surface area contributed by atoms with Crippen LogP contribution in [0.25, 0.3) is 0 Å². The van der Waals surface area contributed by atoms with Crippen LogP contribution in [0.15, 0.2) is 0 Å². The van der Waals surface area contributed by atoms with E-state index in [1.54, 1.807) is 4.68 Å². The van der Waals surface area contributed by atoms with Gasteiger partial charge in [-0.25, -0.2) is 0 Å². The van der Waals surface area contributed by atoms with E-state index in [0.29, 0.717) is 11.8 Å². The van der Waals surface area contributed by atoms with Gasteiger partial charge in [-0.3, -0.25) is 9.48 Å². The van der Waals surface area contributed by atoms with E-state index in [-0.39, 0.29) is 17.4 Å². The zero-order chi connectivity index (χ0) is 18.1. The van der Waals surface area contributed by atoms with Gasteiger partial charge in [-0.15, -0.1) is 0 Å². The predicted molar refractivity (Wildman–Crippen MR) is 98.8 cm³/mol. The topological polar surface area (TPSA) is 67.2 Å². The number of amides is 1. The summed E-state index contributed by atoms with van der Waals surface area (Å²) in [5.74, 6) is 1.31. The molecule has 0 spiro atoms. The van der Waals surface area contributed by atoms with Gasteiger partial charge in [-0.05, 0) is 88.4 Å². The summed E-state index contributed by atoms with van der Waals surface area (Å²) in [6.07, 6.45) is 10.7. The average molecular weight is 357 g/mol. The molecule has 0 aromatic carbocycles. The van der Waals surface area contributed by atoms with E-state index in [4.69, 9.17) is 0 Å². The molecule has 1 aromatic heterocycles. The van der Waals surface area contributed by atoms with Crippen LogP contribution >= 0.6 is 0 Å². The van der Waals surface area contributed by atoms with Gasteiger partial charge in [0.1, 0.15) is 5.69 Å². The van der Waals surface area contributed by atoms with Gasteiger partial charge >= 0.3 is 0 Å². The first kappa shape index (κ1) is 16.8. The second-order valence-corrected chi connectivity index (χ2v) is 9.85. The Morgan fingerprint density at radius 1 is 1.23 bits per heavy atom. The maximum atomic E-state index is 13.1. The van der Waals surface area contributed by atoms with Gasteiger partial charge in [0.15, 0.2) is 0 Å². The molecule has 142 valence electrons. The van der Waals surface area contributed by atoms with Crippen molar-refractivity contribution in [2.45, 2.75) is 82.8 Å². The SMILES string of the molecule is C[C@@H](NC(=O)c1c2c(nn1C)CCCC2)C12C[C@H]3C[C@@H](CC(O)(C3)C1)C2. The minimum atomic E-state index is -0.477. The summed E-state index contributed by atoms with van der Waals surface area (Å²) in [4.78, 5) is 13.1. The molecule has 1 aromatic rings. The Labute approximate surface area is 155 Å². The molecule has 2 N–H and O–H groups in total. The van der Waals surface area contributed by atoms with E-state index >= 15 is 0 Å². The van der Waals surface area contributed by atoms with E-state index in [1.165, 1.54) is 12.8 Å². The summed E-state index contributed by atoms with van der Waals surface area (Å²) in [6, 6.07) is 0.0987. The molecule has 0 aliphatic heterocycles. The Bertz CT molecular complexity index is 739. The molecule has 5 heteroatoms. The van der Waals surface area contributed by atoms with Crippen LogP contribution in [0.1, 0.15) is 80.0 Å². The Morgan fingerprint density at radius 3 is 2.62 bits per heavy atom. The summed E-state index contributed by atoms with van der Waals surface area (Å²) in [5.41, 5.74) is 2.63. The van der Waals surface area contributed by atoms with Crippen molar-refractivity contribution in [3.63, 3.8) is 0 Å². The van der Waals surface area contributed by atoms with E-state index in [9.17, 15) is 9.90 Å². The molecule has 5 aliphatic carbocycles. The molecule has 0 saturated heterocycles. The summed E-state index contributed by atoms with van der Waals surface area (Å²) in [6.45, 7) is 2.16. The number of hydrogen-bond acceptors (Lipinski definition) is 3. The number of aryl methyl sites for hydroxylation is 2. The molecule has 5 nitrogen and oxygen atoms in total. The Morgan fingerprint density at radius 2 is 1.92 bits per heavy atom. The highest BCUT2D eigenvalue weighted by Crippen LogP contribution is 2.62. The van der Waals surface area contributed by atoms with Gasteiger partial charge in [0, 0.05) is 18.7 Å². The Balaban J connectivity index is 1.39. The average Bonchev–Trinajstić information content (AvgIpc) is 2.88. The van der Waals surface area contributed by atoms with Gasteiger partial charge in [0.2, 0.25) is 0 Å². The van der Waals surface area contributed by atoms with Crippen molar-refractivity contribution in [2.75, 3.05) is 0 Å². The number of carbonyl (C=O) groups is 1. The fourth-order valence-electron chi connectivity index (χ4n) is 7.17. The number of carbonyl (C=O) groups excluding carboxylic acids is 1. The summed E-state index contributed by atoms with van der Waals surface area (Å²) in [5, 5.41) is 18.9. The van der Waals surface area contributed by atoms with Crippen molar-refractivity contribution in [3.05, 3.63) is 17.0 Å². The molecular formula is C21H31N3O2. The second-order valence-electron chi connectivity index (χ2n) is 9.85. The molecule has 4 fully saturated rings. The van der Waals surface area contributed by atoms with E-state index in [1.807, 2.05) is 7.05 Å². The first-order chi connectivity index (χ1) is 12.4. The number of nitrogens with zero attached hydrogens (tertiary/aromatic N) is 2. The minimum Gasteiger partial charge on any atom is -0.390 e. The zero-order valence-electron chi connectivity index (χ0n) is 16.1. The predicted octanol–water partition coefficient (Wildman–Crippen LogP) is 2.75. The van der Waals surface area contributed by atoms with E-state index < -0.39 is 5.60 Å². The number of hydrogen-bond donors (Lipinski definition) is 2. The summed E-state index contributed by atoms with van der Waals surface area (Å²) >= 11 is 0. The van der Waals surface area contributed by atoms with Crippen LogP contribution in [0.2, 0.25) is 0 Å². The Kier molecular flexibility index (Phi) is 3.60. The number of nitrogens with one attached hydrogen (secondary N) is 1. The van der Waals surface area contributed by atoms with Gasteiger partial charge in [0.05, 0.1) is 11.3 Å². The highest BCUT2D eigenvalue weighted by atomic mass is 16.3. The van der Waals surface area contributed by atoms with Crippen LogP contribution in [0.4, 0.5) is 0 Å². The normalized spacial score (nSPS) is 38.9. The largest absolute Gasteiger partial charge is 0.390 e. The molecule has 5 aliphatic rings. The van der Waals surface area contributed by atoms with Crippen molar-refractivity contribution < 1.29 is 9.90 Å². The molecule has 3 atom stereocenters. The highest BCUT2D eigenvalue weighted by molar-refractivity contribution is 5.94. The first-order valence-electron chi connectivity index (χ1n) is 10.5. The molecule has 4 saturated carbocycles. The lowest BCUT2D eigenvalue weighted by atomic mass is 9.46. The van der Waals surface area contributed by atoms with Crippen LogP contribution < -0.4 is 5.32 Å². The van der Waals surface area contributed by atoms with Gasteiger partial charge < -0.3 is 10.4 Å². The van der Waals surface area contributed by atoms with Crippen molar-refractivity contribution in [1.29, 1.82) is 0 Å². The molecule has 0 unspecified atom stereocenters. The van der Waals surface area contributed by atoms with Crippen LogP contribution in [-0.2, 0) is 19.9 Å². The van der Waals surface area contributed by atoms with Gasteiger partial charge in [-0.2, -0.15) is 5.10 Å². The third kappa shape index (κ3) is 2.46. The maximum Gasteiger partial charge on any atom is 0.270 e. The standard InChI is InChI=1S/C21H31N3O2/c1-13(20-8-14-7-15(9-20)11-21(26,10-14)12-20)22-19(25)18-16-5-3-4-6-17(16)23-24(18)2/h13-15,26H,3-12H2,1-2H3,(H,22,25)/t13-,14-,15-,20?,21?/m1/s1. The van der Waals surface area contributed by atoms with Crippen molar-refractivity contribution in [2.24, 2.45) is 24.3 Å². The molecule has 0 radical (unpaired) electrons. The summed E-state index contributed by atoms with van der Waals surface area (Å²) < 4.78 is 1.78.